The van der Waals surface area contributed by atoms with Gasteiger partial charge in [0.15, 0.2) is 0 Å². The fourth-order valence-corrected chi connectivity index (χ4v) is 4.62. The first-order chi connectivity index (χ1) is 16.9. The number of nitrogens with one attached hydrogen (secondary N) is 1. The lowest BCUT2D eigenvalue weighted by molar-refractivity contribution is -0.384. The van der Waals surface area contributed by atoms with Crippen molar-refractivity contribution in [2.24, 2.45) is 0 Å². The zero-order valence-electron chi connectivity index (χ0n) is 18.5. The maximum Gasteiger partial charge on any atom is 0.293 e. The van der Waals surface area contributed by atoms with Crippen molar-refractivity contribution in [1.29, 1.82) is 0 Å². The highest BCUT2D eigenvalue weighted by atomic mass is 19.1. The first-order valence-corrected chi connectivity index (χ1v) is 11.1. The molecule has 35 heavy (non-hydrogen) atoms. The van der Waals surface area contributed by atoms with Crippen molar-refractivity contribution in [2.45, 2.75) is 6.04 Å². The van der Waals surface area contributed by atoms with Gasteiger partial charge in [-0.3, -0.25) is 19.8 Å². The molecule has 1 aliphatic heterocycles. The summed E-state index contributed by atoms with van der Waals surface area (Å²) in [6, 6.07) is 15.1. The van der Waals surface area contributed by atoms with Crippen molar-refractivity contribution < 1.29 is 13.7 Å². The quantitative estimate of drug-likeness (QED) is 0.345. The van der Waals surface area contributed by atoms with Crippen molar-refractivity contribution in [3.05, 3.63) is 110 Å². The maximum absolute atomic E-state index is 13.6. The third kappa shape index (κ3) is 4.47. The van der Waals surface area contributed by atoms with E-state index in [1.54, 1.807) is 30.3 Å². The van der Waals surface area contributed by atoms with Gasteiger partial charge < -0.3 is 9.88 Å². The van der Waals surface area contributed by atoms with Gasteiger partial charge in [-0.15, -0.1) is 0 Å². The average molecular weight is 477 g/mol. The number of aromatic amines is 1. The van der Waals surface area contributed by atoms with Gasteiger partial charge in [0.1, 0.15) is 17.3 Å². The Kier molecular flexibility index (Phi) is 5.96. The number of anilines is 1. The molecule has 5 rings (SSSR count). The van der Waals surface area contributed by atoms with Crippen LogP contribution >= 0.6 is 0 Å². The minimum absolute atomic E-state index is 0.155. The second-order valence-corrected chi connectivity index (χ2v) is 8.38. The van der Waals surface area contributed by atoms with Crippen LogP contribution in [-0.2, 0) is 0 Å². The van der Waals surface area contributed by atoms with Gasteiger partial charge in [0, 0.05) is 32.2 Å². The molecule has 0 spiro atoms. The van der Waals surface area contributed by atoms with Gasteiger partial charge in [-0.25, -0.2) is 13.8 Å². The Morgan fingerprint density at radius 3 is 2.03 bits per heavy atom. The molecule has 0 atom stereocenters. The summed E-state index contributed by atoms with van der Waals surface area (Å²) in [5, 5.41) is 12.0. The third-order valence-corrected chi connectivity index (χ3v) is 6.33. The number of benzene rings is 3. The van der Waals surface area contributed by atoms with E-state index in [0.29, 0.717) is 37.4 Å². The molecule has 1 saturated heterocycles. The van der Waals surface area contributed by atoms with Gasteiger partial charge in [0.25, 0.3) is 11.2 Å². The number of halogens is 2. The molecule has 10 heteroatoms. The summed E-state index contributed by atoms with van der Waals surface area (Å²) in [4.78, 5) is 34.1. The topological polar surface area (TPSA) is 95.4 Å². The van der Waals surface area contributed by atoms with E-state index in [9.17, 15) is 23.7 Å². The molecule has 1 fully saturated rings. The van der Waals surface area contributed by atoms with Crippen molar-refractivity contribution in [2.75, 3.05) is 31.1 Å². The zero-order chi connectivity index (χ0) is 24.5. The molecular weight excluding hydrogens is 456 g/mol. The standard InChI is InChI=1S/C25H21F2N5O3/c26-18-5-1-16(2-6-18)24(17-3-7-19(27)8-4-17)31-11-9-30(10-12-31)22-14-21-20(13-23(22)32(34)35)25(33)29-15-28-21/h1-8,13-15,24H,9-12H2,(H,28,29,33). The second-order valence-electron chi connectivity index (χ2n) is 8.38. The molecule has 1 aliphatic rings. The Balaban J connectivity index is 1.45. The average Bonchev–Trinajstić information content (AvgIpc) is 2.86. The monoisotopic (exact) mass is 477 g/mol. The summed E-state index contributed by atoms with van der Waals surface area (Å²) in [6.07, 6.45) is 1.27. The van der Waals surface area contributed by atoms with E-state index in [1.807, 2.05) is 4.90 Å². The molecule has 4 aromatic rings. The summed E-state index contributed by atoms with van der Waals surface area (Å²) in [5.41, 5.74) is 1.93. The molecule has 0 saturated carbocycles. The summed E-state index contributed by atoms with van der Waals surface area (Å²) in [7, 11) is 0. The smallest absolute Gasteiger partial charge is 0.293 e. The largest absolute Gasteiger partial charge is 0.363 e. The van der Waals surface area contributed by atoms with Gasteiger partial charge in [-0.05, 0) is 41.5 Å². The Morgan fingerprint density at radius 1 is 0.914 bits per heavy atom. The van der Waals surface area contributed by atoms with Gasteiger partial charge in [0.2, 0.25) is 0 Å². The minimum atomic E-state index is -0.493. The molecule has 0 bridgehead atoms. The number of H-pyrrole nitrogens is 1. The van der Waals surface area contributed by atoms with Crippen LogP contribution in [0, 0.1) is 21.7 Å². The number of hydrogen-bond acceptors (Lipinski definition) is 6. The number of fused-ring (bicyclic) bond motifs is 1. The van der Waals surface area contributed by atoms with E-state index in [-0.39, 0.29) is 28.7 Å². The lowest BCUT2D eigenvalue weighted by Gasteiger charge is -2.40. The fourth-order valence-electron chi connectivity index (χ4n) is 4.62. The SMILES string of the molecule is O=c1[nH]cnc2cc(N3CCN(C(c4ccc(F)cc4)c4ccc(F)cc4)CC3)c([N+](=O)[O-])cc12. The Morgan fingerprint density at radius 2 is 1.49 bits per heavy atom. The predicted molar refractivity (Wildman–Crippen MR) is 127 cm³/mol. The molecule has 3 aromatic carbocycles. The molecule has 178 valence electrons. The van der Waals surface area contributed by atoms with Crippen LogP contribution in [0.15, 0.2) is 71.8 Å². The minimum Gasteiger partial charge on any atom is -0.363 e. The lowest BCUT2D eigenvalue weighted by atomic mass is 9.96. The van der Waals surface area contributed by atoms with Crippen LogP contribution in [0.3, 0.4) is 0 Å². The number of nitrogens with zero attached hydrogens (tertiary/aromatic N) is 4. The first kappa shape index (κ1) is 22.6. The van der Waals surface area contributed by atoms with Crippen LogP contribution in [0.4, 0.5) is 20.2 Å². The highest BCUT2D eigenvalue weighted by Crippen LogP contribution is 2.34. The highest BCUT2D eigenvalue weighted by molar-refractivity contribution is 5.87. The number of rotatable bonds is 5. The molecular formula is C25H21F2N5O3. The second kappa shape index (κ2) is 9.22. The molecule has 1 N–H and O–H groups in total. The van der Waals surface area contributed by atoms with Gasteiger partial charge in [-0.2, -0.15) is 0 Å². The van der Waals surface area contributed by atoms with Crippen molar-refractivity contribution in [1.82, 2.24) is 14.9 Å². The van der Waals surface area contributed by atoms with E-state index in [4.69, 9.17) is 0 Å². The highest BCUT2D eigenvalue weighted by Gasteiger charge is 2.30. The van der Waals surface area contributed by atoms with Gasteiger partial charge in [0.05, 0.1) is 28.2 Å². The number of aromatic nitrogens is 2. The Hall–Kier alpha value is -4.18. The normalized spacial score (nSPS) is 14.5. The summed E-state index contributed by atoms with van der Waals surface area (Å²) < 4.78 is 27.1. The molecule has 0 radical (unpaired) electrons. The molecule has 0 amide bonds. The van der Waals surface area contributed by atoms with E-state index < -0.39 is 10.5 Å². The molecule has 2 heterocycles. The lowest BCUT2D eigenvalue weighted by Crippen LogP contribution is -2.48. The molecule has 0 aliphatic carbocycles. The van der Waals surface area contributed by atoms with E-state index in [0.717, 1.165) is 11.1 Å². The van der Waals surface area contributed by atoms with Gasteiger partial charge >= 0.3 is 0 Å². The van der Waals surface area contributed by atoms with Crippen LogP contribution < -0.4 is 10.5 Å². The van der Waals surface area contributed by atoms with Crippen molar-refractivity contribution in [3.63, 3.8) is 0 Å². The Bertz CT molecular complexity index is 1390. The molecule has 8 nitrogen and oxygen atoms in total. The number of hydrogen-bond donors (Lipinski definition) is 1. The van der Waals surface area contributed by atoms with Gasteiger partial charge in [-0.1, -0.05) is 24.3 Å². The number of nitro groups is 1. The number of nitro benzene ring substituents is 1. The summed E-state index contributed by atoms with van der Waals surface area (Å²) in [5.74, 6) is -0.681. The van der Waals surface area contributed by atoms with Crippen LogP contribution in [-0.4, -0.2) is 46.0 Å². The summed E-state index contributed by atoms with van der Waals surface area (Å²) in [6.45, 7) is 2.07. The van der Waals surface area contributed by atoms with E-state index >= 15 is 0 Å². The van der Waals surface area contributed by atoms with Crippen LogP contribution in [0.1, 0.15) is 17.2 Å². The molecule has 0 unspecified atom stereocenters. The van der Waals surface area contributed by atoms with Crippen LogP contribution in [0.2, 0.25) is 0 Å². The van der Waals surface area contributed by atoms with Crippen LogP contribution in [0.5, 0.6) is 0 Å². The summed E-state index contributed by atoms with van der Waals surface area (Å²) >= 11 is 0. The Labute approximate surface area is 198 Å². The number of piperazine rings is 1. The maximum atomic E-state index is 13.6. The fraction of sp³-hybridized carbons (Fsp3) is 0.200. The molecule has 1 aromatic heterocycles. The van der Waals surface area contributed by atoms with Crippen molar-refractivity contribution >= 4 is 22.3 Å². The predicted octanol–water partition coefficient (Wildman–Crippen LogP) is 4.02. The van der Waals surface area contributed by atoms with E-state index in [1.165, 1.54) is 36.7 Å². The first-order valence-electron chi connectivity index (χ1n) is 11.1. The van der Waals surface area contributed by atoms with E-state index in [2.05, 4.69) is 14.9 Å². The third-order valence-electron chi connectivity index (χ3n) is 6.33. The van der Waals surface area contributed by atoms with Crippen molar-refractivity contribution in [3.8, 4) is 0 Å². The van der Waals surface area contributed by atoms with Crippen LogP contribution in [0.25, 0.3) is 10.9 Å². The zero-order valence-corrected chi connectivity index (χ0v) is 18.5.